The predicted molar refractivity (Wildman–Crippen MR) is 39.2 cm³/mol. The third-order valence-corrected chi connectivity index (χ3v) is 1.55. The summed E-state index contributed by atoms with van der Waals surface area (Å²) in [4.78, 5) is 11.1. The van der Waals surface area contributed by atoms with E-state index in [0.717, 1.165) is 0 Å². The molecule has 11 heavy (non-hydrogen) atoms. The monoisotopic (exact) mass is 159 g/mol. The number of nitrogens with one attached hydrogen (secondary N) is 1. The highest BCUT2D eigenvalue weighted by atomic mass is 16.5. The second kappa shape index (κ2) is 3.69. The molecule has 0 radical (unpaired) electrons. The Morgan fingerprint density at radius 1 is 1.82 bits per heavy atom. The smallest absolute Gasteiger partial charge is 0.251 e. The summed E-state index contributed by atoms with van der Waals surface area (Å²) in [7, 11) is 1.55. The van der Waals surface area contributed by atoms with Gasteiger partial charge < -0.3 is 14.8 Å². The minimum Gasteiger partial charge on any atom is -0.381 e. The first-order valence-electron chi connectivity index (χ1n) is 3.65. The molecule has 1 heterocycles. The molecule has 0 bridgehead atoms. The van der Waals surface area contributed by atoms with Crippen LogP contribution in [0.25, 0.3) is 0 Å². The van der Waals surface area contributed by atoms with Crippen molar-refractivity contribution < 1.29 is 14.3 Å². The normalized spacial score (nSPS) is 31.6. The second-order valence-electron chi connectivity index (χ2n) is 2.69. The van der Waals surface area contributed by atoms with Crippen LogP contribution in [0.3, 0.4) is 0 Å². The largest absolute Gasteiger partial charge is 0.381 e. The van der Waals surface area contributed by atoms with Crippen molar-refractivity contribution in [3.63, 3.8) is 0 Å². The first-order chi connectivity index (χ1) is 5.24. The van der Waals surface area contributed by atoms with Gasteiger partial charge in [0.15, 0.2) is 6.10 Å². The van der Waals surface area contributed by atoms with E-state index in [1.807, 2.05) is 6.92 Å². The van der Waals surface area contributed by atoms with Gasteiger partial charge in [-0.1, -0.05) is 0 Å². The van der Waals surface area contributed by atoms with E-state index < -0.39 is 6.10 Å². The Kier molecular flexibility index (Phi) is 2.84. The van der Waals surface area contributed by atoms with Gasteiger partial charge >= 0.3 is 0 Å². The maximum atomic E-state index is 11.1. The molecule has 0 aliphatic carbocycles. The number of rotatable bonds is 2. The molecule has 1 aliphatic rings. The van der Waals surface area contributed by atoms with Crippen LogP contribution >= 0.6 is 0 Å². The van der Waals surface area contributed by atoms with E-state index in [4.69, 9.17) is 9.47 Å². The molecular weight excluding hydrogens is 146 g/mol. The van der Waals surface area contributed by atoms with Crippen molar-refractivity contribution in [2.45, 2.75) is 19.1 Å². The van der Waals surface area contributed by atoms with Gasteiger partial charge in [0, 0.05) is 13.2 Å². The van der Waals surface area contributed by atoms with Gasteiger partial charge in [0.1, 0.15) is 0 Å². The number of methoxy groups -OCH3 is 1. The molecule has 1 aliphatic heterocycles. The molecule has 1 N–H and O–H groups in total. The van der Waals surface area contributed by atoms with Crippen molar-refractivity contribution in [2.75, 3.05) is 20.3 Å². The number of amides is 1. The molecule has 0 aromatic rings. The van der Waals surface area contributed by atoms with Crippen LogP contribution in [0.1, 0.15) is 6.92 Å². The lowest BCUT2D eigenvalue weighted by atomic mass is 10.2. The van der Waals surface area contributed by atoms with Crippen LogP contribution in [0.15, 0.2) is 0 Å². The van der Waals surface area contributed by atoms with Gasteiger partial charge in [-0.15, -0.1) is 0 Å². The maximum Gasteiger partial charge on any atom is 0.251 e. The number of hydrogen-bond donors (Lipinski definition) is 1. The minimum atomic E-state index is -0.420. The van der Waals surface area contributed by atoms with E-state index in [9.17, 15) is 4.79 Å². The van der Waals surface area contributed by atoms with Crippen molar-refractivity contribution in [2.24, 2.45) is 0 Å². The van der Waals surface area contributed by atoms with Crippen LogP contribution in [-0.2, 0) is 14.3 Å². The summed E-state index contributed by atoms with van der Waals surface area (Å²) in [6.07, 6.45) is -0.420. The van der Waals surface area contributed by atoms with Gasteiger partial charge in [0.25, 0.3) is 5.91 Å². The fraction of sp³-hybridized carbons (Fsp3) is 0.857. The third-order valence-electron chi connectivity index (χ3n) is 1.55. The second-order valence-corrected chi connectivity index (χ2v) is 2.69. The fourth-order valence-corrected chi connectivity index (χ4v) is 0.989. The van der Waals surface area contributed by atoms with Gasteiger partial charge in [-0.2, -0.15) is 0 Å². The van der Waals surface area contributed by atoms with Crippen LogP contribution < -0.4 is 5.32 Å². The average Bonchev–Trinajstić information content (AvgIpc) is 1.95. The zero-order valence-corrected chi connectivity index (χ0v) is 6.79. The van der Waals surface area contributed by atoms with Crippen molar-refractivity contribution in [3.8, 4) is 0 Å². The molecule has 1 saturated heterocycles. The molecule has 4 heteroatoms. The molecule has 0 saturated carbocycles. The summed E-state index contributed by atoms with van der Waals surface area (Å²) < 4.78 is 10.0. The number of ether oxygens (including phenoxy) is 2. The molecule has 1 amide bonds. The first-order valence-corrected chi connectivity index (χ1v) is 3.65. The number of hydrogen-bond acceptors (Lipinski definition) is 3. The Morgan fingerprint density at radius 2 is 2.55 bits per heavy atom. The summed E-state index contributed by atoms with van der Waals surface area (Å²) >= 11 is 0. The van der Waals surface area contributed by atoms with Gasteiger partial charge in [-0.3, -0.25) is 4.79 Å². The topological polar surface area (TPSA) is 47.6 Å². The third kappa shape index (κ3) is 2.17. The summed E-state index contributed by atoms with van der Waals surface area (Å²) in [6, 6.07) is 0.121. The molecular formula is C7H13NO3. The standard InChI is InChI=1S/C7H13NO3/c1-5-3-11-6(4-10-2)7(9)8-5/h5-6H,3-4H2,1-2H3,(H,8,9). The molecule has 0 aromatic heterocycles. The highest BCUT2D eigenvalue weighted by Crippen LogP contribution is 2.01. The van der Waals surface area contributed by atoms with Gasteiger partial charge in [0.05, 0.1) is 13.2 Å². The zero-order chi connectivity index (χ0) is 8.27. The Hall–Kier alpha value is -0.610. The Morgan fingerprint density at radius 3 is 3.09 bits per heavy atom. The molecule has 0 spiro atoms. The SMILES string of the molecule is COCC1OCC(C)NC1=O. The van der Waals surface area contributed by atoms with E-state index in [2.05, 4.69) is 5.32 Å². The fourth-order valence-electron chi connectivity index (χ4n) is 0.989. The highest BCUT2D eigenvalue weighted by Gasteiger charge is 2.25. The van der Waals surface area contributed by atoms with E-state index in [1.165, 1.54) is 0 Å². The lowest BCUT2D eigenvalue weighted by Crippen LogP contribution is -2.51. The Bertz CT molecular complexity index is 149. The summed E-state index contributed by atoms with van der Waals surface area (Å²) in [6.45, 7) is 2.80. The lowest BCUT2D eigenvalue weighted by molar-refractivity contribution is -0.144. The molecule has 2 atom stereocenters. The van der Waals surface area contributed by atoms with Crippen LogP contribution in [0.5, 0.6) is 0 Å². The number of carbonyl (C=O) groups excluding carboxylic acids is 1. The molecule has 2 unspecified atom stereocenters. The lowest BCUT2D eigenvalue weighted by Gasteiger charge is -2.26. The molecule has 1 fully saturated rings. The van der Waals surface area contributed by atoms with Gasteiger partial charge in [-0.05, 0) is 6.92 Å². The van der Waals surface area contributed by atoms with Crippen LogP contribution in [0, 0.1) is 0 Å². The van der Waals surface area contributed by atoms with Crippen LogP contribution in [0.2, 0.25) is 0 Å². The first kappa shape index (κ1) is 8.49. The average molecular weight is 159 g/mol. The highest BCUT2D eigenvalue weighted by molar-refractivity contribution is 5.81. The quantitative estimate of drug-likeness (QED) is 0.593. The van der Waals surface area contributed by atoms with Crippen LogP contribution in [-0.4, -0.2) is 38.4 Å². The zero-order valence-electron chi connectivity index (χ0n) is 6.79. The Balaban J connectivity index is 2.38. The minimum absolute atomic E-state index is 0.0781. The van der Waals surface area contributed by atoms with Gasteiger partial charge in [0.2, 0.25) is 0 Å². The van der Waals surface area contributed by atoms with Crippen LogP contribution in [0.4, 0.5) is 0 Å². The summed E-state index contributed by atoms with van der Waals surface area (Å²) in [5.74, 6) is -0.0781. The number of morpholine rings is 1. The number of carbonyl (C=O) groups is 1. The van der Waals surface area contributed by atoms with E-state index in [0.29, 0.717) is 13.2 Å². The van der Waals surface area contributed by atoms with Gasteiger partial charge in [-0.25, -0.2) is 0 Å². The maximum absolute atomic E-state index is 11.1. The predicted octanol–water partition coefficient (Wildman–Crippen LogP) is -0.464. The molecule has 4 nitrogen and oxygen atoms in total. The molecule has 0 aromatic carbocycles. The van der Waals surface area contributed by atoms with E-state index in [-0.39, 0.29) is 11.9 Å². The van der Waals surface area contributed by atoms with E-state index in [1.54, 1.807) is 7.11 Å². The molecule has 64 valence electrons. The van der Waals surface area contributed by atoms with Crippen molar-refractivity contribution in [3.05, 3.63) is 0 Å². The van der Waals surface area contributed by atoms with Crippen molar-refractivity contribution in [1.82, 2.24) is 5.32 Å². The summed E-state index contributed by atoms with van der Waals surface area (Å²) in [5.41, 5.74) is 0. The summed E-state index contributed by atoms with van der Waals surface area (Å²) in [5, 5.41) is 2.77. The van der Waals surface area contributed by atoms with Crippen molar-refractivity contribution in [1.29, 1.82) is 0 Å². The van der Waals surface area contributed by atoms with Crippen molar-refractivity contribution >= 4 is 5.91 Å². The van der Waals surface area contributed by atoms with E-state index >= 15 is 0 Å². The molecule has 1 rings (SSSR count). The Labute approximate surface area is 65.9 Å².